The van der Waals surface area contributed by atoms with Crippen LogP contribution in [-0.4, -0.2) is 16.5 Å². The standard InChI is InChI=1S/C12H13N3S/c1-2-6-14-11-10(3-1)16-12(15-11)9-4-7-13-8-5-9/h4-5,7-8,14H,1-3,6H2. The van der Waals surface area contributed by atoms with Crippen molar-refractivity contribution in [3.05, 3.63) is 29.4 Å². The largest absolute Gasteiger partial charge is 0.369 e. The lowest BCUT2D eigenvalue weighted by atomic mass is 10.2. The lowest BCUT2D eigenvalue weighted by Gasteiger charge is -1.97. The molecule has 2 aromatic rings. The summed E-state index contributed by atoms with van der Waals surface area (Å²) in [6.45, 7) is 1.05. The molecule has 0 saturated heterocycles. The molecule has 0 aromatic carbocycles. The van der Waals surface area contributed by atoms with E-state index in [9.17, 15) is 0 Å². The maximum Gasteiger partial charge on any atom is 0.140 e. The van der Waals surface area contributed by atoms with Gasteiger partial charge in [0.25, 0.3) is 0 Å². The molecule has 0 unspecified atom stereocenters. The second kappa shape index (κ2) is 4.22. The highest BCUT2D eigenvalue weighted by molar-refractivity contribution is 7.15. The molecule has 82 valence electrons. The molecule has 2 aromatic heterocycles. The van der Waals surface area contributed by atoms with E-state index in [1.54, 1.807) is 11.3 Å². The molecular formula is C12H13N3S. The highest BCUT2D eigenvalue weighted by Gasteiger charge is 2.14. The van der Waals surface area contributed by atoms with Crippen LogP contribution < -0.4 is 5.32 Å². The second-order valence-electron chi connectivity index (χ2n) is 3.91. The first-order valence-corrected chi connectivity index (χ1v) is 6.39. The summed E-state index contributed by atoms with van der Waals surface area (Å²) >= 11 is 1.80. The molecule has 1 N–H and O–H groups in total. The van der Waals surface area contributed by atoms with Gasteiger partial charge in [0.2, 0.25) is 0 Å². The summed E-state index contributed by atoms with van der Waals surface area (Å²) in [6.07, 6.45) is 7.29. The lowest BCUT2D eigenvalue weighted by Crippen LogP contribution is -1.99. The van der Waals surface area contributed by atoms with E-state index in [2.05, 4.69) is 15.3 Å². The zero-order valence-electron chi connectivity index (χ0n) is 8.94. The minimum absolute atomic E-state index is 1.05. The minimum Gasteiger partial charge on any atom is -0.369 e. The minimum atomic E-state index is 1.05. The van der Waals surface area contributed by atoms with Crippen LogP contribution in [-0.2, 0) is 6.42 Å². The molecule has 16 heavy (non-hydrogen) atoms. The molecule has 1 aliphatic heterocycles. The first-order valence-electron chi connectivity index (χ1n) is 5.57. The summed E-state index contributed by atoms with van der Waals surface area (Å²) in [5, 5.41) is 4.50. The molecule has 4 heteroatoms. The first kappa shape index (κ1) is 9.78. The SMILES string of the molecule is c1cc(-c2nc3c(s2)CCCCN3)ccn1. The number of aryl methyl sites for hydroxylation is 1. The van der Waals surface area contributed by atoms with Crippen LogP contribution in [0.15, 0.2) is 24.5 Å². The summed E-state index contributed by atoms with van der Waals surface area (Å²) < 4.78 is 0. The number of pyridine rings is 1. The Morgan fingerprint density at radius 3 is 2.94 bits per heavy atom. The van der Waals surface area contributed by atoms with Crippen LogP contribution in [0.3, 0.4) is 0 Å². The zero-order valence-corrected chi connectivity index (χ0v) is 9.76. The maximum absolute atomic E-state index is 4.66. The molecule has 3 heterocycles. The van der Waals surface area contributed by atoms with E-state index in [1.807, 2.05) is 24.5 Å². The summed E-state index contributed by atoms with van der Waals surface area (Å²) in [7, 11) is 0. The Bertz CT molecular complexity index is 455. The third-order valence-electron chi connectivity index (χ3n) is 2.75. The smallest absolute Gasteiger partial charge is 0.140 e. The molecule has 3 rings (SSSR count). The summed E-state index contributed by atoms with van der Waals surface area (Å²) in [5.41, 5.74) is 1.16. The molecule has 1 aliphatic rings. The van der Waals surface area contributed by atoms with Gasteiger partial charge in [0.15, 0.2) is 0 Å². The summed E-state index contributed by atoms with van der Waals surface area (Å²) in [6, 6.07) is 4.02. The first-order chi connectivity index (χ1) is 7.93. The number of rotatable bonds is 1. The lowest BCUT2D eigenvalue weighted by molar-refractivity contribution is 0.790. The molecule has 0 bridgehead atoms. The fraction of sp³-hybridized carbons (Fsp3) is 0.333. The van der Waals surface area contributed by atoms with Gasteiger partial charge in [-0.05, 0) is 31.4 Å². The number of thiazole rings is 1. The van der Waals surface area contributed by atoms with Crippen molar-refractivity contribution in [3.8, 4) is 10.6 Å². The van der Waals surface area contributed by atoms with Gasteiger partial charge in [0.05, 0.1) is 0 Å². The van der Waals surface area contributed by atoms with Crippen LogP contribution in [0, 0.1) is 0 Å². The van der Waals surface area contributed by atoms with Gasteiger partial charge in [-0.15, -0.1) is 11.3 Å². The highest BCUT2D eigenvalue weighted by atomic mass is 32.1. The van der Waals surface area contributed by atoms with Gasteiger partial charge in [-0.25, -0.2) is 4.98 Å². The van der Waals surface area contributed by atoms with Crippen LogP contribution in [0.5, 0.6) is 0 Å². The van der Waals surface area contributed by atoms with E-state index in [0.29, 0.717) is 0 Å². The van der Waals surface area contributed by atoms with Gasteiger partial charge in [-0.2, -0.15) is 0 Å². The van der Waals surface area contributed by atoms with Gasteiger partial charge >= 0.3 is 0 Å². The van der Waals surface area contributed by atoms with Crippen molar-refractivity contribution >= 4 is 17.2 Å². The van der Waals surface area contributed by atoms with E-state index < -0.39 is 0 Å². The van der Waals surface area contributed by atoms with Crippen molar-refractivity contribution in [1.82, 2.24) is 9.97 Å². The van der Waals surface area contributed by atoms with Gasteiger partial charge < -0.3 is 5.32 Å². The average molecular weight is 231 g/mol. The van der Waals surface area contributed by atoms with E-state index in [4.69, 9.17) is 0 Å². The fourth-order valence-corrected chi connectivity index (χ4v) is 2.98. The van der Waals surface area contributed by atoms with E-state index >= 15 is 0 Å². The molecular weight excluding hydrogens is 218 g/mol. The number of fused-ring (bicyclic) bond motifs is 1. The molecule has 0 saturated carbocycles. The fourth-order valence-electron chi connectivity index (χ4n) is 1.89. The number of aromatic nitrogens is 2. The monoisotopic (exact) mass is 231 g/mol. The molecule has 0 radical (unpaired) electrons. The van der Waals surface area contributed by atoms with Crippen LogP contribution in [0.4, 0.5) is 5.82 Å². The molecule has 0 aliphatic carbocycles. The van der Waals surface area contributed by atoms with E-state index in [0.717, 1.165) is 29.4 Å². The quantitative estimate of drug-likeness (QED) is 0.820. The number of anilines is 1. The number of hydrogen-bond donors (Lipinski definition) is 1. The third-order valence-corrected chi connectivity index (χ3v) is 3.91. The van der Waals surface area contributed by atoms with Crippen molar-refractivity contribution in [1.29, 1.82) is 0 Å². The highest BCUT2D eigenvalue weighted by Crippen LogP contribution is 2.32. The van der Waals surface area contributed by atoms with Crippen LogP contribution in [0.1, 0.15) is 17.7 Å². The summed E-state index contributed by atoms with van der Waals surface area (Å²) in [4.78, 5) is 10.1. The van der Waals surface area contributed by atoms with Crippen LogP contribution in [0.25, 0.3) is 10.6 Å². The number of hydrogen-bond acceptors (Lipinski definition) is 4. The Morgan fingerprint density at radius 1 is 1.19 bits per heavy atom. The Hall–Kier alpha value is -1.42. The maximum atomic E-state index is 4.66. The molecule has 0 fully saturated rings. The van der Waals surface area contributed by atoms with Crippen molar-refractivity contribution in [2.45, 2.75) is 19.3 Å². The molecule has 3 nitrogen and oxygen atoms in total. The third kappa shape index (κ3) is 1.80. The molecule has 0 atom stereocenters. The van der Waals surface area contributed by atoms with Crippen molar-refractivity contribution in [2.24, 2.45) is 0 Å². The normalized spacial score (nSPS) is 15.0. The van der Waals surface area contributed by atoms with Crippen molar-refractivity contribution in [3.63, 3.8) is 0 Å². The predicted octanol–water partition coefficient (Wildman–Crippen LogP) is 2.95. The Labute approximate surface area is 98.6 Å². The Kier molecular flexibility index (Phi) is 2.58. The topological polar surface area (TPSA) is 37.8 Å². The number of nitrogens with zero attached hydrogens (tertiary/aromatic N) is 2. The van der Waals surface area contributed by atoms with Crippen LogP contribution >= 0.6 is 11.3 Å². The van der Waals surface area contributed by atoms with Gasteiger partial charge in [0.1, 0.15) is 10.8 Å². The predicted molar refractivity (Wildman–Crippen MR) is 66.8 cm³/mol. The Morgan fingerprint density at radius 2 is 2.06 bits per heavy atom. The van der Waals surface area contributed by atoms with Crippen molar-refractivity contribution < 1.29 is 0 Å². The number of nitrogens with one attached hydrogen (secondary N) is 1. The van der Waals surface area contributed by atoms with Gasteiger partial charge in [-0.1, -0.05) is 0 Å². The zero-order chi connectivity index (χ0) is 10.8. The van der Waals surface area contributed by atoms with Gasteiger partial charge in [0, 0.05) is 29.4 Å². The molecule has 0 amide bonds. The second-order valence-corrected chi connectivity index (χ2v) is 4.99. The van der Waals surface area contributed by atoms with Crippen LogP contribution in [0.2, 0.25) is 0 Å². The van der Waals surface area contributed by atoms with Crippen molar-refractivity contribution in [2.75, 3.05) is 11.9 Å². The van der Waals surface area contributed by atoms with Gasteiger partial charge in [-0.3, -0.25) is 4.98 Å². The average Bonchev–Trinajstić information content (AvgIpc) is 2.62. The Balaban J connectivity index is 1.98. The van der Waals surface area contributed by atoms with E-state index in [1.165, 1.54) is 17.7 Å². The molecule has 0 spiro atoms. The van der Waals surface area contributed by atoms with E-state index in [-0.39, 0.29) is 0 Å². The summed E-state index contributed by atoms with van der Waals surface area (Å²) in [5.74, 6) is 1.09.